The third kappa shape index (κ3) is 5.37. The zero-order chi connectivity index (χ0) is 24.9. The van der Waals surface area contributed by atoms with Crippen LogP contribution in [0.1, 0.15) is 25.0 Å². The number of nitrogens with one attached hydrogen (secondary N) is 2. The molecule has 0 saturated carbocycles. The van der Waals surface area contributed by atoms with Gasteiger partial charge in [0.15, 0.2) is 11.2 Å². The van der Waals surface area contributed by atoms with Gasteiger partial charge in [0.2, 0.25) is 5.91 Å². The first-order valence-corrected chi connectivity index (χ1v) is 11.2. The van der Waals surface area contributed by atoms with E-state index in [0.717, 1.165) is 15.7 Å². The molecule has 180 valence electrons. The summed E-state index contributed by atoms with van der Waals surface area (Å²) in [5.41, 5.74) is 0.872. The van der Waals surface area contributed by atoms with Gasteiger partial charge in [-0.2, -0.15) is 0 Å². The highest BCUT2D eigenvalue weighted by atomic mass is 16.2. The van der Waals surface area contributed by atoms with Crippen molar-refractivity contribution in [1.29, 1.82) is 0 Å². The maximum Gasteiger partial charge on any atom is 0.333 e. The lowest BCUT2D eigenvalue weighted by atomic mass is 10.2. The van der Waals surface area contributed by atoms with Gasteiger partial charge in [0.1, 0.15) is 6.54 Å². The Labute approximate surface area is 200 Å². The van der Waals surface area contributed by atoms with Crippen molar-refractivity contribution in [2.24, 2.45) is 0 Å². The quantitative estimate of drug-likeness (QED) is 0.422. The number of benzene rings is 2. The van der Waals surface area contributed by atoms with Crippen molar-refractivity contribution in [2.45, 2.75) is 39.5 Å². The van der Waals surface area contributed by atoms with Gasteiger partial charge < -0.3 is 9.88 Å². The summed E-state index contributed by atoms with van der Waals surface area (Å²) in [4.78, 5) is 55.6. The fourth-order valence-electron chi connectivity index (χ4n) is 3.79. The van der Waals surface area contributed by atoms with E-state index >= 15 is 0 Å². The van der Waals surface area contributed by atoms with Gasteiger partial charge >= 0.3 is 11.7 Å². The Morgan fingerprint density at radius 1 is 0.886 bits per heavy atom. The second-order valence-electron chi connectivity index (χ2n) is 8.45. The average Bonchev–Trinajstić information content (AvgIpc) is 3.23. The molecule has 10 nitrogen and oxygen atoms in total. The molecular weight excluding hydrogens is 448 g/mol. The highest BCUT2D eigenvalue weighted by molar-refractivity contribution is 5.94. The van der Waals surface area contributed by atoms with Gasteiger partial charge in [-0.15, -0.1) is 0 Å². The number of imidazole rings is 1. The fraction of sp³-hybridized carbons (Fsp3) is 0.240. The van der Waals surface area contributed by atoms with Crippen LogP contribution < -0.4 is 21.9 Å². The molecule has 2 aromatic carbocycles. The first-order chi connectivity index (χ1) is 16.8. The lowest BCUT2D eigenvalue weighted by molar-refractivity contribution is -0.120. The van der Waals surface area contributed by atoms with Crippen LogP contribution in [0.15, 0.2) is 76.6 Å². The van der Waals surface area contributed by atoms with Crippen molar-refractivity contribution in [2.75, 3.05) is 0 Å². The lowest BCUT2D eigenvalue weighted by Gasteiger charge is -2.13. The van der Waals surface area contributed by atoms with Crippen LogP contribution in [0.2, 0.25) is 0 Å². The molecule has 0 aliphatic heterocycles. The van der Waals surface area contributed by atoms with E-state index in [1.54, 1.807) is 18.4 Å². The number of fused-ring (bicyclic) bond motifs is 1. The largest absolute Gasteiger partial charge is 0.336 e. The predicted molar refractivity (Wildman–Crippen MR) is 131 cm³/mol. The number of rotatable bonds is 7. The number of imide groups is 1. The van der Waals surface area contributed by atoms with Crippen molar-refractivity contribution in [3.8, 4) is 0 Å². The topological polar surface area (TPSA) is 120 Å². The summed E-state index contributed by atoms with van der Waals surface area (Å²) in [6.45, 7) is 3.41. The molecule has 2 N–H and O–H groups in total. The molecule has 3 amide bonds. The van der Waals surface area contributed by atoms with Gasteiger partial charge in [0.05, 0.1) is 12.9 Å². The van der Waals surface area contributed by atoms with Crippen molar-refractivity contribution < 1.29 is 9.59 Å². The Morgan fingerprint density at radius 2 is 1.49 bits per heavy atom. The van der Waals surface area contributed by atoms with Crippen LogP contribution in [0.5, 0.6) is 0 Å². The standard InChI is InChI=1S/C25H26N6O4/c1-17(2)27-24(34)28-20(32)15-31-23(33)21-22(26-16-29(21)13-18-9-5-3-6-10-18)30(25(31)35)14-19-11-7-4-8-12-19/h3-12,16-17H,13-15H2,1-2H3,(H2,27,28,32,34). The number of nitrogens with zero attached hydrogens (tertiary/aromatic N) is 4. The Hall–Kier alpha value is -4.47. The Kier molecular flexibility index (Phi) is 6.91. The highest BCUT2D eigenvalue weighted by Gasteiger charge is 2.21. The van der Waals surface area contributed by atoms with Crippen LogP contribution in [0, 0.1) is 0 Å². The lowest BCUT2D eigenvalue weighted by Crippen LogP contribution is -2.48. The van der Waals surface area contributed by atoms with Crippen LogP contribution in [-0.4, -0.2) is 36.7 Å². The maximum atomic E-state index is 13.4. The number of carbonyl (C=O) groups is 2. The summed E-state index contributed by atoms with van der Waals surface area (Å²) in [5, 5.41) is 4.70. The van der Waals surface area contributed by atoms with Crippen molar-refractivity contribution >= 4 is 23.1 Å². The molecule has 0 spiro atoms. The summed E-state index contributed by atoms with van der Waals surface area (Å²) in [6, 6.07) is 17.9. The summed E-state index contributed by atoms with van der Waals surface area (Å²) >= 11 is 0. The molecule has 0 aliphatic carbocycles. The second kappa shape index (κ2) is 10.2. The third-order valence-corrected chi connectivity index (χ3v) is 5.34. The first-order valence-electron chi connectivity index (χ1n) is 11.2. The van der Waals surface area contributed by atoms with E-state index in [-0.39, 0.29) is 23.8 Å². The van der Waals surface area contributed by atoms with Gasteiger partial charge in [-0.25, -0.2) is 19.1 Å². The molecule has 0 unspecified atom stereocenters. The van der Waals surface area contributed by atoms with E-state index in [1.165, 1.54) is 10.9 Å². The zero-order valence-electron chi connectivity index (χ0n) is 19.5. The van der Waals surface area contributed by atoms with Gasteiger partial charge in [-0.05, 0) is 25.0 Å². The molecule has 2 heterocycles. The predicted octanol–water partition coefficient (Wildman–Crippen LogP) is 1.69. The molecule has 4 aromatic rings. The number of hydrogen-bond acceptors (Lipinski definition) is 5. The van der Waals surface area contributed by atoms with Crippen LogP contribution in [0.3, 0.4) is 0 Å². The van der Waals surface area contributed by atoms with Crippen molar-refractivity contribution in [3.63, 3.8) is 0 Å². The summed E-state index contributed by atoms with van der Waals surface area (Å²) in [5.74, 6) is -0.776. The van der Waals surface area contributed by atoms with Crippen LogP contribution >= 0.6 is 0 Å². The number of urea groups is 1. The zero-order valence-corrected chi connectivity index (χ0v) is 19.5. The van der Waals surface area contributed by atoms with Gasteiger partial charge in [-0.3, -0.25) is 19.5 Å². The number of carbonyl (C=O) groups excluding carboxylic acids is 2. The Balaban J connectivity index is 1.79. The molecule has 0 saturated heterocycles. The van der Waals surface area contributed by atoms with E-state index in [4.69, 9.17) is 0 Å². The second-order valence-corrected chi connectivity index (χ2v) is 8.45. The maximum absolute atomic E-state index is 13.4. The molecule has 0 aliphatic rings. The minimum atomic E-state index is -0.776. The summed E-state index contributed by atoms with van der Waals surface area (Å²) in [6.07, 6.45) is 1.51. The molecule has 0 atom stereocenters. The van der Waals surface area contributed by atoms with Crippen LogP contribution in [-0.2, 0) is 24.4 Å². The van der Waals surface area contributed by atoms with E-state index < -0.39 is 29.7 Å². The Morgan fingerprint density at radius 3 is 2.09 bits per heavy atom. The average molecular weight is 475 g/mol. The summed E-state index contributed by atoms with van der Waals surface area (Å²) < 4.78 is 3.87. The molecule has 35 heavy (non-hydrogen) atoms. The van der Waals surface area contributed by atoms with Gasteiger partial charge in [-0.1, -0.05) is 60.7 Å². The summed E-state index contributed by atoms with van der Waals surface area (Å²) in [7, 11) is 0. The third-order valence-electron chi connectivity index (χ3n) is 5.34. The molecule has 10 heteroatoms. The SMILES string of the molecule is CC(C)NC(=O)NC(=O)Cn1c(=O)c2c(ncn2Cc2ccccc2)n(Cc2ccccc2)c1=O. The minimum absolute atomic E-state index is 0.161. The molecular formula is C25H26N6O4. The van der Waals surface area contributed by atoms with Crippen molar-refractivity contribution in [1.82, 2.24) is 29.3 Å². The molecule has 0 radical (unpaired) electrons. The molecule has 0 fully saturated rings. The van der Waals surface area contributed by atoms with E-state index in [2.05, 4.69) is 15.6 Å². The molecule has 2 aromatic heterocycles. The monoisotopic (exact) mass is 474 g/mol. The van der Waals surface area contributed by atoms with Crippen LogP contribution in [0.4, 0.5) is 4.79 Å². The van der Waals surface area contributed by atoms with E-state index in [9.17, 15) is 19.2 Å². The van der Waals surface area contributed by atoms with E-state index in [0.29, 0.717) is 6.54 Å². The van der Waals surface area contributed by atoms with Gasteiger partial charge in [0.25, 0.3) is 5.56 Å². The minimum Gasteiger partial charge on any atom is -0.336 e. The fourth-order valence-corrected chi connectivity index (χ4v) is 3.79. The highest BCUT2D eigenvalue weighted by Crippen LogP contribution is 2.12. The first kappa shape index (κ1) is 23.7. The number of hydrogen-bond donors (Lipinski definition) is 2. The van der Waals surface area contributed by atoms with Crippen LogP contribution in [0.25, 0.3) is 11.2 Å². The van der Waals surface area contributed by atoms with Gasteiger partial charge in [0, 0.05) is 12.6 Å². The normalized spacial score (nSPS) is 11.1. The number of aromatic nitrogens is 4. The smallest absolute Gasteiger partial charge is 0.333 e. The van der Waals surface area contributed by atoms with E-state index in [1.807, 2.05) is 60.7 Å². The molecule has 0 bridgehead atoms. The number of amides is 3. The Bertz CT molecular complexity index is 1470. The molecule has 4 rings (SSSR count). The van der Waals surface area contributed by atoms with Crippen molar-refractivity contribution in [3.05, 3.63) is 99.0 Å².